The number of hydrogen-bond acceptors (Lipinski definition) is 6. The number of benzene rings is 2. The first-order valence-corrected chi connectivity index (χ1v) is 10.5. The predicted molar refractivity (Wildman–Crippen MR) is 107 cm³/mol. The van der Waals surface area contributed by atoms with Crippen LogP contribution in [0.5, 0.6) is 11.5 Å². The van der Waals surface area contributed by atoms with Gasteiger partial charge < -0.3 is 14.2 Å². The second-order valence-corrected chi connectivity index (χ2v) is 8.05. The number of rotatable bonds is 7. The van der Waals surface area contributed by atoms with Crippen molar-refractivity contribution in [2.24, 2.45) is 4.99 Å². The number of sulfonamides is 1. The molecule has 0 atom stereocenters. The van der Waals surface area contributed by atoms with Gasteiger partial charge in [-0.25, -0.2) is 8.42 Å². The van der Waals surface area contributed by atoms with Gasteiger partial charge in [-0.1, -0.05) is 0 Å². The molecule has 0 N–H and O–H groups in total. The summed E-state index contributed by atoms with van der Waals surface area (Å²) in [5, 5.41) is 0. The van der Waals surface area contributed by atoms with Crippen LogP contribution in [-0.2, 0) is 14.8 Å². The maximum Gasteiger partial charge on any atom is 0.243 e. The number of nitrogens with zero attached hydrogens (tertiary/aromatic N) is 2. The van der Waals surface area contributed by atoms with Gasteiger partial charge in [-0.2, -0.15) is 4.31 Å². The van der Waals surface area contributed by atoms with E-state index in [0.29, 0.717) is 50.1 Å². The highest BCUT2D eigenvalue weighted by atomic mass is 32.2. The van der Waals surface area contributed by atoms with Gasteiger partial charge in [0.2, 0.25) is 10.0 Å². The highest BCUT2D eigenvalue weighted by Crippen LogP contribution is 2.28. The van der Waals surface area contributed by atoms with Crippen molar-refractivity contribution in [2.45, 2.75) is 11.8 Å². The summed E-state index contributed by atoms with van der Waals surface area (Å²) in [6, 6.07) is 12.1. The van der Waals surface area contributed by atoms with E-state index in [1.54, 1.807) is 37.6 Å². The summed E-state index contributed by atoms with van der Waals surface area (Å²) in [6.45, 7) is 4.07. The Hall–Kier alpha value is -2.42. The molecule has 0 spiro atoms. The molecule has 0 bridgehead atoms. The van der Waals surface area contributed by atoms with Crippen molar-refractivity contribution in [1.29, 1.82) is 0 Å². The molecule has 1 heterocycles. The van der Waals surface area contributed by atoms with Crippen LogP contribution in [0, 0.1) is 0 Å². The molecule has 3 rings (SSSR count). The summed E-state index contributed by atoms with van der Waals surface area (Å²) in [5.74, 6) is 1.32. The molecular weight excluding hydrogens is 380 g/mol. The van der Waals surface area contributed by atoms with Gasteiger partial charge >= 0.3 is 0 Å². The van der Waals surface area contributed by atoms with E-state index < -0.39 is 10.0 Å². The van der Waals surface area contributed by atoms with E-state index in [1.165, 1.54) is 4.31 Å². The van der Waals surface area contributed by atoms with Crippen molar-refractivity contribution < 1.29 is 22.6 Å². The van der Waals surface area contributed by atoms with Gasteiger partial charge in [0.15, 0.2) is 11.5 Å². The molecule has 1 fully saturated rings. The molecule has 1 aliphatic heterocycles. The molecule has 1 saturated heterocycles. The minimum absolute atomic E-state index is 0.260. The highest BCUT2D eigenvalue weighted by Gasteiger charge is 2.25. The van der Waals surface area contributed by atoms with Crippen LogP contribution < -0.4 is 9.47 Å². The van der Waals surface area contributed by atoms with Crippen LogP contribution >= 0.6 is 0 Å². The van der Waals surface area contributed by atoms with Gasteiger partial charge in [-0.3, -0.25) is 4.99 Å². The fraction of sp³-hybridized carbons (Fsp3) is 0.350. The average Bonchev–Trinajstić information content (AvgIpc) is 2.74. The number of ether oxygens (including phenoxy) is 3. The molecule has 0 saturated carbocycles. The van der Waals surface area contributed by atoms with Gasteiger partial charge in [0.1, 0.15) is 0 Å². The van der Waals surface area contributed by atoms with Crippen LogP contribution in [0.4, 0.5) is 5.69 Å². The number of methoxy groups -OCH3 is 1. The van der Waals surface area contributed by atoms with Crippen LogP contribution in [-0.4, -0.2) is 59.0 Å². The smallest absolute Gasteiger partial charge is 0.243 e. The molecule has 0 amide bonds. The lowest BCUT2D eigenvalue weighted by Crippen LogP contribution is -2.40. The van der Waals surface area contributed by atoms with E-state index in [0.717, 1.165) is 5.56 Å². The zero-order chi connectivity index (χ0) is 20.0. The van der Waals surface area contributed by atoms with Crippen LogP contribution in [0.25, 0.3) is 0 Å². The molecule has 0 aliphatic carbocycles. The van der Waals surface area contributed by atoms with Crippen LogP contribution in [0.15, 0.2) is 52.4 Å². The van der Waals surface area contributed by atoms with Crippen molar-refractivity contribution in [1.82, 2.24) is 4.31 Å². The number of hydrogen-bond donors (Lipinski definition) is 0. The molecule has 1 aliphatic rings. The fourth-order valence-corrected chi connectivity index (χ4v) is 4.24. The van der Waals surface area contributed by atoms with Gasteiger partial charge in [-0.15, -0.1) is 0 Å². The maximum atomic E-state index is 12.6. The first kappa shape index (κ1) is 20.3. The molecule has 150 valence electrons. The third-order valence-electron chi connectivity index (χ3n) is 4.29. The maximum absolute atomic E-state index is 12.6. The Labute approximate surface area is 165 Å². The Balaban J connectivity index is 1.73. The van der Waals surface area contributed by atoms with Crippen molar-refractivity contribution in [3.05, 3.63) is 48.0 Å². The largest absolute Gasteiger partial charge is 0.493 e. The summed E-state index contributed by atoms with van der Waals surface area (Å²) in [4.78, 5) is 4.67. The van der Waals surface area contributed by atoms with E-state index in [9.17, 15) is 8.42 Å². The van der Waals surface area contributed by atoms with E-state index in [1.807, 2.05) is 25.1 Å². The highest BCUT2D eigenvalue weighted by molar-refractivity contribution is 7.89. The molecule has 8 heteroatoms. The average molecular weight is 404 g/mol. The third kappa shape index (κ3) is 4.70. The molecule has 0 radical (unpaired) electrons. The van der Waals surface area contributed by atoms with Gasteiger partial charge in [0, 0.05) is 19.3 Å². The van der Waals surface area contributed by atoms with Crippen LogP contribution in [0.2, 0.25) is 0 Å². The molecular formula is C20H24N2O5S. The Morgan fingerprint density at radius 2 is 1.82 bits per heavy atom. The standard InChI is InChI=1S/C20H24N2O5S/c1-3-27-19-9-4-16(14-20(19)25-2)15-21-17-5-7-18(8-6-17)28(23,24)22-10-12-26-13-11-22/h4-9,14-15H,3,10-13H2,1-2H3. The second kappa shape index (κ2) is 9.18. The molecule has 2 aromatic rings. The van der Waals surface area contributed by atoms with Crippen molar-refractivity contribution in [2.75, 3.05) is 40.0 Å². The molecule has 0 unspecified atom stereocenters. The third-order valence-corrected chi connectivity index (χ3v) is 6.21. The van der Waals surface area contributed by atoms with Crippen LogP contribution in [0.1, 0.15) is 12.5 Å². The minimum atomic E-state index is -3.49. The van der Waals surface area contributed by atoms with Crippen molar-refractivity contribution >= 4 is 21.9 Å². The minimum Gasteiger partial charge on any atom is -0.493 e. The summed E-state index contributed by atoms with van der Waals surface area (Å²) in [6.07, 6.45) is 1.70. The zero-order valence-electron chi connectivity index (χ0n) is 16.0. The van der Waals surface area contributed by atoms with Crippen molar-refractivity contribution in [3.63, 3.8) is 0 Å². The van der Waals surface area contributed by atoms with Gasteiger partial charge in [0.05, 0.1) is 37.5 Å². The molecule has 7 nitrogen and oxygen atoms in total. The Bertz CT molecular complexity index is 920. The molecule has 0 aromatic heterocycles. The van der Waals surface area contributed by atoms with Crippen molar-refractivity contribution in [3.8, 4) is 11.5 Å². The van der Waals surface area contributed by atoms with E-state index in [4.69, 9.17) is 14.2 Å². The lowest BCUT2D eigenvalue weighted by molar-refractivity contribution is 0.0730. The summed E-state index contributed by atoms with van der Waals surface area (Å²) in [7, 11) is -1.90. The molecule has 2 aromatic carbocycles. The first-order chi connectivity index (χ1) is 13.5. The lowest BCUT2D eigenvalue weighted by Gasteiger charge is -2.26. The SMILES string of the molecule is CCOc1ccc(C=Nc2ccc(S(=O)(=O)N3CCOCC3)cc2)cc1OC. The van der Waals surface area contributed by atoms with Crippen LogP contribution in [0.3, 0.4) is 0 Å². The van der Waals surface area contributed by atoms with E-state index in [-0.39, 0.29) is 4.90 Å². The Morgan fingerprint density at radius 1 is 1.11 bits per heavy atom. The topological polar surface area (TPSA) is 77.4 Å². The quantitative estimate of drug-likeness (QED) is 0.663. The fourth-order valence-electron chi connectivity index (χ4n) is 2.83. The number of aliphatic imine (C=N–C) groups is 1. The molecule has 28 heavy (non-hydrogen) atoms. The summed E-state index contributed by atoms with van der Waals surface area (Å²) in [5.41, 5.74) is 1.51. The normalized spacial score (nSPS) is 15.6. The Morgan fingerprint density at radius 3 is 2.46 bits per heavy atom. The monoisotopic (exact) mass is 404 g/mol. The Kier molecular flexibility index (Phi) is 6.66. The zero-order valence-corrected chi connectivity index (χ0v) is 16.8. The van der Waals surface area contributed by atoms with E-state index >= 15 is 0 Å². The summed E-state index contributed by atoms with van der Waals surface area (Å²) < 4.78 is 42.8. The van der Waals surface area contributed by atoms with Gasteiger partial charge in [0.25, 0.3) is 0 Å². The second-order valence-electron chi connectivity index (χ2n) is 6.11. The summed E-state index contributed by atoms with van der Waals surface area (Å²) >= 11 is 0. The number of morpholine rings is 1. The first-order valence-electron chi connectivity index (χ1n) is 9.07. The lowest BCUT2D eigenvalue weighted by atomic mass is 10.2. The van der Waals surface area contributed by atoms with E-state index in [2.05, 4.69) is 4.99 Å². The predicted octanol–water partition coefficient (Wildman–Crippen LogP) is 2.87. The van der Waals surface area contributed by atoms with Gasteiger partial charge in [-0.05, 0) is 55.0 Å².